The molecule has 150 valence electrons. The van der Waals surface area contributed by atoms with Gasteiger partial charge in [0.1, 0.15) is 5.75 Å². The summed E-state index contributed by atoms with van der Waals surface area (Å²) in [5.41, 5.74) is 2.18. The predicted molar refractivity (Wildman–Crippen MR) is 104 cm³/mol. The molecule has 0 aliphatic carbocycles. The lowest BCUT2D eigenvalue weighted by Crippen LogP contribution is -2.28. The molecule has 1 aliphatic heterocycles. The largest absolute Gasteiger partial charge is 0.496 e. The fraction of sp³-hybridized carbons (Fsp3) is 0.300. The summed E-state index contributed by atoms with van der Waals surface area (Å²) in [6.45, 7) is 0.728. The van der Waals surface area contributed by atoms with Gasteiger partial charge in [0.2, 0.25) is 11.8 Å². The number of carbonyl (C=O) groups excluding carboxylic acids is 2. The van der Waals surface area contributed by atoms with E-state index in [1.54, 1.807) is 24.1 Å². The molecular formula is C20H20N4O5. The van der Waals surface area contributed by atoms with Crippen LogP contribution in [0, 0.1) is 5.92 Å². The monoisotopic (exact) mass is 396 g/mol. The van der Waals surface area contributed by atoms with E-state index >= 15 is 0 Å². The first-order valence-corrected chi connectivity index (χ1v) is 9.10. The van der Waals surface area contributed by atoms with E-state index in [1.165, 1.54) is 7.11 Å². The van der Waals surface area contributed by atoms with Gasteiger partial charge in [0.05, 0.1) is 25.8 Å². The third-order valence-electron chi connectivity index (χ3n) is 5.00. The topological polar surface area (TPSA) is 107 Å². The van der Waals surface area contributed by atoms with Crippen molar-refractivity contribution in [3.63, 3.8) is 0 Å². The fourth-order valence-corrected chi connectivity index (χ4v) is 3.48. The Hall–Kier alpha value is -3.62. The summed E-state index contributed by atoms with van der Waals surface area (Å²) in [5, 5.41) is 10.5. The van der Waals surface area contributed by atoms with Gasteiger partial charge < -0.3 is 19.7 Å². The van der Waals surface area contributed by atoms with Gasteiger partial charge in [-0.2, -0.15) is 0 Å². The van der Waals surface area contributed by atoms with Crippen LogP contribution < -0.4 is 14.8 Å². The summed E-state index contributed by atoms with van der Waals surface area (Å²) >= 11 is 0. The van der Waals surface area contributed by atoms with Gasteiger partial charge in [-0.3, -0.25) is 9.59 Å². The van der Waals surface area contributed by atoms with Crippen LogP contribution in [0.15, 0.2) is 41.0 Å². The van der Waals surface area contributed by atoms with Gasteiger partial charge in [0.25, 0.3) is 0 Å². The number of nitrogens with one attached hydrogen (secondary N) is 1. The number of rotatable bonds is 6. The number of benzene rings is 2. The number of hydrogen-bond acceptors (Lipinski definition) is 7. The average Bonchev–Trinajstić information content (AvgIpc) is 3.36. The second-order valence-corrected chi connectivity index (χ2v) is 6.75. The quantitative estimate of drug-likeness (QED) is 0.681. The molecule has 4 rings (SSSR count). The van der Waals surface area contributed by atoms with Crippen LogP contribution in [0.2, 0.25) is 0 Å². The third kappa shape index (κ3) is 3.58. The number of anilines is 1. The molecule has 1 unspecified atom stereocenters. The van der Waals surface area contributed by atoms with Gasteiger partial charge in [-0.25, -0.2) is 4.63 Å². The minimum Gasteiger partial charge on any atom is -0.496 e. The smallest absolute Gasteiger partial charge is 0.229 e. The standard InChI is InChI=1S/C20H20N4O5/c1-27-15-6-4-3-5-12(15)10-24-11-13(9-17(24)25)20(26)21-14-7-8-16(28-2)19-18(14)22-29-23-19/h3-8,13H,9-11H2,1-2H3,(H,21,26). The number of aromatic nitrogens is 2. The Balaban J connectivity index is 1.47. The maximum absolute atomic E-state index is 12.8. The molecule has 0 saturated carbocycles. The predicted octanol–water partition coefficient (Wildman–Crippen LogP) is 2.23. The number of ether oxygens (including phenoxy) is 2. The Morgan fingerprint density at radius 2 is 1.90 bits per heavy atom. The van der Waals surface area contributed by atoms with Crippen molar-refractivity contribution in [2.75, 3.05) is 26.1 Å². The normalized spacial score (nSPS) is 16.3. The zero-order valence-electron chi connectivity index (χ0n) is 16.0. The zero-order chi connectivity index (χ0) is 20.4. The summed E-state index contributed by atoms with van der Waals surface area (Å²) in [6.07, 6.45) is 0.150. The molecule has 2 aromatic carbocycles. The first-order chi connectivity index (χ1) is 14.1. The van der Waals surface area contributed by atoms with Crippen molar-refractivity contribution in [2.24, 2.45) is 5.92 Å². The van der Waals surface area contributed by atoms with Crippen molar-refractivity contribution >= 4 is 28.5 Å². The number of methoxy groups -OCH3 is 2. The Labute approximate surface area is 166 Å². The molecule has 1 atom stereocenters. The van der Waals surface area contributed by atoms with Gasteiger partial charge in [-0.15, -0.1) is 0 Å². The highest BCUT2D eigenvalue weighted by molar-refractivity contribution is 6.03. The lowest BCUT2D eigenvalue weighted by Gasteiger charge is -2.18. The number of para-hydroxylation sites is 1. The Bertz CT molecular complexity index is 1060. The molecule has 1 N–H and O–H groups in total. The average molecular weight is 396 g/mol. The summed E-state index contributed by atoms with van der Waals surface area (Å²) in [7, 11) is 3.11. The van der Waals surface area contributed by atoms with E-state index in [2.05, 4.69) is 15.6 Å². The fourth-order valence-electron chi connectivity index (χ4n) is 3.48. The van der Waals surface area contributed by atoms with Crippen molar-refractivity contribution in [1.82, 2.24) is 15.2 Å². The zero-order valence-corrected chi connectivity index (χ0v) is 16.0. The van der Waals surface area contributed by atoms with Crippen LogP contribution in [0.3, 0.4) is 0 Å². The maximum atomic E-state index is 12.8. The highest BCUT2D eigenvalue weighted by atomic mass is 16.6. The second-order valence-electron chi connectivity index (χ2n) is 6.75. The molecule has 9 heteroatoms. The molecular weight excluding hydrogens is 376 g/mol. The van der Waals surface area contributed by atoms with Crippen LogP contribution in [0.5, 0.6) is 11.5 Å². The second kappa shape index (κ2) is 7.78. The maximum Gasteiger partial charge on any atom is 0.229 e. The third-order valence-corrected chi connectivity index (χ3v) is 5.00. The van der Waals surface area contributed by atoms with E-state index in [1.807, 2.05) is 24.3 Å². The number of amides is 2. The lowest BCUT2D eigenvalue weighted by molar-refractivity contribution is -0.128. The van der Waals surface area contributed by atoms with Crippen LogP contribution in [-0.4, -0.2) is 47.8 Å². The molecule has 0 spiro atoms. The van der Waals surface area contributed by atoms with E-state index in [0.717, 1.165) is 5.56 Å². The number of likely N-dealkylation sites (tertiary alicyclic amines) is 1. The van der Waals surface area contributed by atoms with Crippen LogP contribution in [0.1, 0.15) is 12.0 Å². The Kier molecular flexibility index (Phi) is 5.03. The van der Waals surface area contributed by atoms with E-state index in [4.69, 9.17) is 14.1 Å². The molecule has 0 radical (unpaired) electrons. The minimum absolute atomic E-state index is 0.0703. The van der Waals surface area contributed by atoms with Crippen LogP contribution in [-0.2, 0) is 16.1 Å². The van der Waals surface area contributed by atoms with Crippen molar-refractivity contribution in [3.05, 3.63) is 42.0 Å². The van der Waals surface area contributed by atoms with Gasteiger partial charge in [0, 0.05) is 25.1 Å². The van der Waals surface area contributed by atoms with Crippen molar-refractivity contribution in [2.45, 2.75) is 13.0 Å². The van der Waals surface area contributed by atoms with Crippen molar-refractivity contribution < 1.29 is 23.7 Å². The molecule has 3 aromatic rings. The summed E-state index contributed by atoms with van der Waals surface area (Å²) in [6, 6.07) is 10.9. The Morgan fingerprint density at radius 3 is 2.69 bits per heavy atom. The van der Waals surface area contributed by atoms with Crippen LogP contribution in [0.25, 0.3) is 11.0 Å². The van der Waals surface area contributed by atoms with Crippen LogP contribution in [0.4, 0.5) is 5.69 Å². The van der Waals surface area contributed by atoms with E-state index < -0.39 is 5.92 Å². The Morgan fingerprint density at radius 1 is 1.14 bits per heavy atom. The first-order valence-electron chi connectivity index (χ1n) is 9.10. The highest BCUT2D eigenvalue weighted by Gasteiger charge is 2.35. The van der Waals surface area contributed by atoms with Gasteiger partial charge in [-0.1, -0.05) is 18.2 Å². The summed E-state index contributed by atoms with van der Waals surface area (Å²) in [4.78, 5) is 26.9. The number of nitrogens with zero attached hydrogens (tertiary/aromatic N) is 3. The highest BCUT2D eigenvalue weighted by Crippen LogP contribution is 2.30. The molecule has 29 heavy (non-hydrogen) atoms. The summed E-state index contributed by atoms with van der Waals surface area (Å²) < 4.78 is 15.3. The van der Waals surface area contributed by atoms with Gasteiger partial charge in [-0.05, 0) is 28.5 Å². The molecule has 1 fully saturated rings. The molecule has 1 aromatic heterocycles. The van der Waals surface area contributed by atoms with Crippen LogP contribution >= 0.6 is 0 Å². The van der Waals surface area contributed by atoms with E-state index in [-0.39, 0.29) is 18.2 Å². The van der Waals surface area contributed by atoms with E-state index in [0.29, 0.717) is 41.3 Å². The number of hydrogen-bond donors (Lipinski definition) is 1. The first kappa shape index (κ1) is 18.7. The molecule has 2 heterocycles. The molecule has 1 aliphatic rings. The van der Waals surface area contributed by atoms with Gasteiger partial charge >= 0.3 is 0 Å². The molecule has 2 amide bonds. The van der Waals surface area contributed by atoms with Crippen molar-refractivity contribution in [1.29, 1.82) is 0 Å². The minimum atomic E-state index is -0.464. The van der Waals surface area contributed by atoms with Crippen molar-refractivity contribution in [3.8, 4) is 11.5 Å². The summed E-state index contributed by atoms with van der Waals surface area (Å²) in [5.74, 6) is 0.425. The van der Waals surface area contributed by atoms with Gasteiger partial charge in [0.15, 0.2) is 16.8 Å². The molecule has 0 bridgehead atoms. The molecule has 9 nitrogen and oxygen atoms in total. The molecule has 1 saturated heterocycles. The number of carbonyl (C=O) groups is 2. The SMILES string of the molecule is COc1ccccc1CN1CC(C(=O)Nc2ccc(OC)c3nonc23)CC1=O. The lowest BCUT2D eigenvalue weighted by atomic mass is 10.1. The number of fused-ring (bicyclic) bond motifs is 1. The van der Waals surface area contributed by atoms with E-state index in [9.17, 15) is 9.59 Å².